The number of pyridine rings is 1. The number of benzene rings is 1. The maximum Gasteiger partial charge on any atom is 0.405 e. The van der Waals surface area contributed by atoms with Crippen LogP contribution < -0.4 is 20.3 Å². The van der Waals surface area contributed by atoms with Gasteiger partial charge in [0, 0.05) is 17.3 Å². The fraction of sp³-hybridized carbons (Fsp3) is 0.536. The number of carbonyl (C=O) groups is 2. The summed E-state index contributed by atoms with van der Waals surface area (Å²) in [5.41, 5.74) is -1.20. The van der Waals surface area contributed by atoms with E-state index in [2.05, 4.69) is 10.3 Å². The van der Waals surface area contributed by atoms with Gasteiger partial charge in [-0.2, -0.15) is 13.2 Å². The van der Waals surface area contributed by atoms with Crippen molar-refractivity contribution < 1.29 is 27.5 Å². The lowest BCUT2D eigenvalue weighted by Crippen LogP contribution is -2.65. The van der Waals surface area contributed by atoms with Crippen LogP contribution in [0.25, 0.3) is 0 Å². The fourth-order valence-corrected chi connectivity index (χ4v) is 5.68. The SMILES string of the molecule is CC(C)c1cc(Cl)ccc1OC(C)(C)C(=O)NC12CCCC(CC1)N2c1ncccc1C(=O)NCC(F)(F)F. The van der Waals surface area contributed by atoms with Crippen LogP contribution in [0.5, 0.6) is 5.75 Å². The van der Waals surface area contributed by atoms with Crippen molar-refractivity contribution in [2.24, 2.45) is 0 Å². The maximum absolute atomic E-state index is 13.8. The quantitative estimate of drug-likeness (QED) is 0.411. The zero-order valence-corrected chi connectivity index (χ0v) is 23.2. The van der Waals surface area contributed by atoms with Crippen LogP contribution in [-0.4, -0.2) is 46.8 Å². The predicted molar refractivity (Wildman–Crippen MR) is 143 cm³/mol. The van der Waals surface area contributed by atoms with Crippen molar-refractivity contribution in [3.63, 3.8) is 0 Å². The molecule has 2 amide bonds. The van der Waals surface area contributed by atoms with Crippen molar-refractivity contribution in [1.29, 1.82) is 0 Å². The Morgan fingerprint density at radius 1 is 1.21 bits per heavy atom. The van der Waals surface area contributed by atoms with E-state index < -0.39 is 29.9 Å². The van der Waals surface area contributed by atoms with Gasteiger partial charge in [-0.1, -0.05) is 25.4 Å². The molecule has 0 radical (unpaired) electrons. The topological polar surface area (TPSA) is 83.6 Å². The molecule has 2 aliphatic rings. The van der Waals surface area contributed by atoms with E-state index in [0.29, 0.717) is 23.6 Å². The molecule has 0 spiro atoms. The first-order valence-corrected chi connectivity index (χ1v) is 13.5. The highest BCUT2D eigenvalue weighted by Crippen LogP contribution is 2.46. The molecule has 39 heavy (non-hydrogen) atoms. The monoisotopic (exact) mass is 566 g/mol. The van der Waals surface area contributed by atoms with Gasteiger partial charge in [0.2, 0.25) is 0 Å². The van der Waals surface area contributed by atoms with Crippen molar-refractivity contribution in [1.82, 2.24) is 15.6 Å². The maximum atomic E-state index is 13.8. The summed E-state index contributed by atoms with van der Waals surface area (Å²) in [6, 6.07) is 8.24. The summed E-state index contributed by atoms with van der Waals surface area (Å²) in [7, 11) is 0. The molecule has 2 saturated heterocycles. The van der Waals surface area contributed by atoms with E-state index in [1.54, 1.807) is 26.0 Å². The molecule has 2 atom stereocenters. The van der Waals surface area contributed by atoms with Gasteiger partial charge in [0.25, 0.3) is 11.8 Å². The van der Waals surface area contributed by atoms with Crippen LogP contribution in [0.1, 0.15) is 81.6 Å². The standard InChI is InChI=1S/C28H34ClF3N4O3/c1-17(2)21-15-18(29)9-10-22(21)39-26(3,4)25(38)35-27-12-5-7-19(11-13-27)36(27)23-20(8-6-14-33-23)24(37)34-16-28(30,31)32/h6,8-10,14-15,17,19H,5,7,11-13,16H2,1-4H3,(H,34,37)(H,35,38). The number of nitrogens with zero attached hydrogens (tertiary/aromatic N) is 2. The summed E-state index contributed by atoms with van der Waals surface area (Å²) in [6.07, 6.45) is 0.584. The molecular formula is C28H34ClF3N4O3. The van der Waals surface area contributed by atoms with E-state index >= 15 is 0 Å². The number of aromatic nitrogens is 1. The van der Waals surface area contributed by atoms with Crippen LogP contribution in [0.4, 0.5) is 19.0 Å². The summed E-state index contributed by atoms with van der Waals surface area (Å²) in [5, 5.41) is 5.72. The van der Waals surface area contributed by atoms with Crippen LogP contribution in [-0.2, 0) is 4.79 Å². The van der Waals surface area contributed by atoms with Gasteiger partial charge in [-0.25, -0.2) is 4.98 Å². The molecule has 2 aliphatic heterocycles. The molecule has 4 rings (SSSR count). The Balaban J connectivity index is 1.61. The number of nitrogens with one attached hydrogen (secondary N) is 2. The number of piperidine rings is 1. The Bertz CT molecular complexity index is 1230. The summed E-state index contributed by atoms with van der Waals surface area (Å²) >= 11 is 6.19. The van der Waals surface area contributed by atoms with E-state index in [0.717, 1.165) is 24.8 Å². The average molecular weight is 567 g/mol. The molecule has 0 saturated carbocycles. The van der Waals surface area contributed by atoms with Crippen LogP contribution >= 0.6 is 11.6 Å². The predicted octanol–water partition coefficient (Wildman–Crippen LogP) is 5.97. The van der Waals surface area contributed by atoms with E-state index in [-0.39, 0.29) is 29.2 Å². The third kappa shape index (κ3) is 6.26. The second kappa shape index (κ2) is 10.9. The zero-order chi connectivity index (χ0) is 28.6. The molecule has 2 bridgehead atoms. The third-order valence-electron chi connectivity index (χ3n) is 7.41. The highest BCUT2D eigenvalue weighted by Gasteiger charge is 2.52. The van der Waals surface area contributed by atoms with Crippen LogP contribution in [0.15, 0.2) is 36.5 Å². The number of amides is 2. The average Bonchev–Trinajstić information content (AvgIpc) is 3.07. The van der Waals surface area contributed by atoms with E-state index in [1.807, 2.05) is 30.1 Å². The van der Waals surface area contributed by atoms with Gasteiger partial charge in [-0.15, -0.1) is 0 Å². The first kappa shape index (κ1) is 29.0. The van der Waals surface area contributed by atoms with Crippen molar-refractivity contribution in [2.75, 3.05) is 11.4 Å². The van der Waals surface area contributed by atoms with Gasteiger partial charge in [0.15, 0.2) is 5.60 Å². The molecule has 7 nitrogen and oxygen atoms in total. The molecule has 1 aromatic heterocycles. The van der Waals surface area contributed by atoms with Crippen molar-refractivity contribution in [2.45, 2.75) is 89.2 Å². The minimum Gasteiger partial charge on any atom is -0.478 e. The highest BCUT2D eigenvalue weighted by atomic mass is 35.5. The number of hydrogen-bond donors (Lipinski definition) is 2. The molecule has 2 N–H and O–H groups in total. The summed E-state index contributed by atoms with van der Waals surface area (Å²) in [4.78, 5) is 32.9. The Morgan fingerprint density at radius 3 is 2.64 bits per heavy atom. The van der Waals surface area contributed by atoms with Gasteiger partial charge in [0.1, 0.15) is 23.8 Å². The Labute approximate surface area is 231 Å². The number of alkyl halides is 3. The molecule has 2 fully saturated rings. The number of rotatable bonds is 8. The summed E-state index contributed by atoms with van der Waals surface area (Å²) < 4.78 is 44.6. The van der Waals surface area contributed by atoms with E-state index in [4.69, 9.17) is 16.3 Å². The molecular weight excluding hydrogens is 533 g/mol. The van der Waals surface area contributed by atoms with Crippen molar-refractivity contribution in [3.05, 3.63) is 52.7 Å². The van der Waals surface area contributed by atoms with Gasteiger partial charge < -0.3 is 20.3 Å². The molecule has 3 heterocycles. The second-order valence-electron chi connectivity index (χ2n) is 11.1. The van der Waals surface area contributed by atoms with Crippen molar-refractivity contribution in [3.8, 4) is 5.75 Å². The summed E-state index contributed by atoms with van der Waals surface area (Å²) in [5.74, 6) is -0.275. The number of anilines is 1. The Hall–Kier alpha value is -3.01. The van der Waals surface area contributed by atoms with Crippen LogP contribution in [0, 0.1) is 0 Å². The molecule has 212 valence electrons. The smallest absolute Gasteiger partial charge is 0.405 e. The Morgan fingerprint density at radius 2 is 1.95 bits per heavy atom. The lowest BCUT2D eigenvalue weighted by Gasteiger charge is -2.47. The van der Waals surface area contributed by atoms with Gasteiger partial charge in [-0.05, 0) is 87.8 Å². The van der Waals surface area contributed by atoms with E-state index in [9.17, 15) is 22.8 Å². The van der Waals surface area contributed by atoms with Crippen molar-refractivity contribution >= 4 is 29.2 Å². The first-order chi connectivity index (χ1) is 18.2. The van der Waals surface area contributed by atoms with Crippen LogP contribution in [0.3, 0.4) is 0 Å². The molecule has 0 aliphatic carbocycles. The lowest BCUT2D eigenvalue weighted by atomic mass is 9.94. The minimum absolute atomic E-state index is 0.0176. The lowest BCUT2D eigenvalue weighted by molar-refractivity contribution is -0.136. The minimum atomic E-state index is -4.54. The van der Waals surface area contributed by atoms with E-state index in [1.165, 1.54) is 18.3 Å². The van der Waals surface area contributed by atoms with Gasteiger partial charge in [0.05, 0.1) is 5.56 Å². The first-order valence-electron chi connectivity index (χ1n) is 13.1. The van der Waals surface area contributed by atoms with Gasteiger partial charge >= 0.3 is 6.18 Å². The number of ether oxygens (including phenoxy) is 1. The molecule has 2 unspecified atom stereocenters. The normalized spacial score (nSPS) is 21.2. The van der Waals surface area contributed by atoms with Gasteiger partial charge in [-0.3, -0.25) is 9.59 Å². The number of hydrogen-bond acceptors (Lipinski definition) is 5. The number of carbonyl (C=O) groups excluding carboxylic acids is 2. The Kier molecular flexibility index (Phi) is 8.08. The molecule has 2 aromatic rings. The van der Waals surface area contributed by atoms with Crippen LogP contribution in [0.2, 0.25) is 5.02 Å². The highest BCUT2D eigenvalue weighted by molar-refractivity contribution is 6.30. The number of halogens is 4. The zero-order valence-electron chi connectivity index (χ0n) is 22.5. The largest absolute Gasteiger partial charge is 0.478 e. The molecule has 11 heteroatoms. The number of fused-ring (bicyclic) bond motifs is 2. The third-order valence-corrected chi connectivity index (χ3v) is 7.64. The molecule has 1 aromatic carbocycles. The summed E-state index contributed by atoms with van der Waals surface area (Å²) in [6.45, 7) is 5.96. The fourth-order valence-electron chi connectivity index (χ4n) is 5.50. The second-order valence-corrected chi connectivity index (χ2v) is 11.5.